The Morgan fingerprint density at radius 1 is 1.40 bits per heavy atom. The van der Waals surface area contributed by atoms with Gasteiger partial charge in [0.15, 0.2) is 0 Å². The molecule has 2 fully saturated rings. The third kappa shape index (κ3) is 2.00. The Morgan fingerprint density at radius 3 is 2.73 bits per heavy atom. The molecule has 15 heavy (non-hydrogen) atoms. The maximum absolute atomic E-state index is 11.7. The summed E-state index contributed by atoms with van der Waals surface area (Å²) in [5, 5.41) is 9.86. The van der Waals surface area contributed by atoms with Crippen LogP contribution in [0.3, 0.4) is 0 Å². The summed E-state index contributed by atoms with van der Waals surface area (Å²) in [6, 6.07) is 0.0181. The molecule has 3 nitrogen and oxygen atoms in total. The van der Waals surface area contributed by atoms with Gasteiger partial charge in [-0.2, -0.15) is 0 Å². The van der Waals surface area contributed by atoms with E-state index in [0.717, 1.165) is 25.7 Å². The predicted molar refractivity (Wildman–Crippen MR) is 56.9 cm³/mol. The molecule has 1 heterocycles. The lowest BCUT2D eigenvalue weighted by atomic mass is 9.91. The number of rotatable bonds is 1. The van der Waals surface area contributed by atoms with Gasteiger partial charge in [0.2, 0.25) is 5.91 Å². The quantitative estimate of drug-likeness (QED) is 0.645. The molecule has 82 valence electrons. The minimum absolute atomic E-state index is 0.0181. The minimum Gasteiger partial charge on any atom is -0.391 e. The van der Waals surface area contributed by atoms with Gasteiger partial charge in [-0.25, -0.2) is 0 Å². The van der Waals surface area contributed by atoms with Crippen molar-refractivity contribution in [1.82, 2.24) is 4.90 Å². The number of nitrogens with zero attached hydrogens (tertiary/aromatic N) is 1. The zero-order valence-corrected chi connectivity index (χ0v) is 8.85. The van der Waals surface area contributed by atoms with Gasteiger partial charge in [-0.15, -0.1) is 12.3 Å². The molecule has 1 saturated heterocycles. The van der Waals surface area contributed by atoms with Crippen LogP contribution in [0.5, 0.6) is 0 Å². The van der Waals surface area contributed by atoms with Crippen LogP contribution in [-0.2, 0) is 4.79 Å². The van der Waals surface area contributed by atoms with Crippen molar-refractivity contribution in [2.75, 3.05) is 6.54 Å². The Bertz CT molecular complexity index is 294. The van der Waals surface area contributed by atoms with E-state index in [1.165, 1.54) is 0 Å². The van der Waals surface area contributed by atoms with Crippen LogP contribution in [-0.4, -0.2) is 34.6 Å². The number of terminal acetylenes is 1. The van der Waals surface area contributed by atoms with Gasteiger partial charge in [0, 0.05) is 18.9 Å². The number of hydrogen-bond donors (Lipinski definition) is 1. The fourth-order valence-electron chi connectivity index (χ4n) is 2.62. The molecule has 0 bridgehead atoms. The number of carbonyl (C=O) groups is 1. The second kappa shape index (κ2) is 4.24. The molecule has 0 spiro atoms. The van der Waals surface area contributed by atoms with Gasteiger partial charge in [0.25, 0.3) is 0 Å². The van der Waals surface area contributed by atoms with Gasteiger partial charge in [-0.3, -0.25) is 4.79 Å². The minimum atomic E-state index is -0.348. The molecule has 1 N–H and O–H groups in total. The lowest BCUT2D eigenvalue weighted by Gasteiger charge is -2.35. The average Bonchev–Trinajstić information content (AvgIpc) is 2.60. The van der Waals surface area contributed by atoms with E-state index in [2.05, 4.69) is 5.92 Å². The third-order valence-corrected chi connectivity index (χ3v) is 3.49. The number of likely N-dealkylation sites (tertiary alicyclic amines) is 1. The Balaban J connectivity index is 2.04. The van der Waals surface area contributed by atoms with Crippen LogP contribution in [0.15, 0.2) is 0 Å². The molecule has 2 rings (SSSR count). The molecule has 1 aliphatic carbocycles. The summed E-state index contributed by atoms with van der Waals surface area (Å²) in [6.07, 6.45) is 9.35. The predicted octanol–water partition coefficient (Wildman–Crippen LogP) is 0.772. The van der Waals surface area contributed by atoms with E-state index in [0.29, 0.717) is 13.0 Å². The molecule has 2 aliphatic rings. The first-order valence-electron chi connectivity index (χ1n) is 5.66. The van der Waals surface area contributed by atoms with Crippen molar-refractivity contribution in [3.63, 3.8) is 0 Å². The number of aliphatic hydroxyl groups excluding tert-OH is 1. The normalized spacial score (nSPS) is 36.7. The first-order valence-corrected chi connectivity index (χ1v) is 5.66. The van der Waals surface area contributed by atoms with Crippen molar-refractivity contribution < 1.29 is 9.90 Å². The summed E-state index contributed by atoms with van der Waals surface area (Å²) >= 11 is 0. The summed E-state index contributed by atoms with van der Waals surface area (Å²) < 4.78 is 0. The molecule has 3 atom stereocenters. The topological polar surface area (TPSA) is 40.5 Å². The molecular formula is C12H17NO2. The zero-order valence-electron chi connectivity index (χ0n) is 8.85. The summed E-state index contributed by atoms with van der Waals surface area (Å²) in [4.78, 5) is 13.5. The molecule has 1 amide bonds. The Kier molecular flexibility index (Phi) is 2.97. The van der Waals surface area contributed by atoms with Gasteiger partial charge in [0.05, 0.1) is 12.1 Å². The van der Waals surface area contributed by atoms with Gasteiger partial charge < -0.3 is 10.0 Å². The van der Waals surface area contributed by atoms with E-state index in [1.807, 2.05) is 0 Å². The van der Waals surface area contributed by atoms with E-state index in [4.69, 9.17) is 6.42 Å². The van der Waals surface area contributed by atoms with Crippen LogP contribution in [0.4, 0.5) is 0 Å². The van der Waals surface area contributed by atoms with Gasteiger partial charge in [-0.1, -0.05) is 12.8 Å². The van der Waals surface area contributed by atoms with E-state index in [9.17, 15) is 9.90 Å². The molecule has 1 unspecified atom stereocenters. The summed E-state index contributed by atoms with van der Waals surface area (Å²) in [7, 11) is 0. The van der Waals surface area contributed by atoms with Gasteiger partial charge >= 0.3 is 0 Å². The van der Waals surface area contributed by atoms with Crippen LogP contribution < -0.4 is 0 Å². The largest absolute Gasteiger partial charge is 0.391 e. The molecule has 1 saturated carbocycles. The summed E-state index contributed by atoms with van der Waals surface area (Å²) in [5.41, 5.74) is 0. The maximum atomic E-state index is 11.7. The monoisotopic (exact) mass is 207 g/mol. The summed E-state index contributed by atoms with van der Waals surface area (Å²) in [5.74, 6) is 2.80. The molecular weight excluding hydrogens is 190 g/mol. The maximum Gasteiger partial charge on any atom is 0.224 e. The molecule has 3 heteroatoms. The molecule has 0 radical (unpaired) electrons. The van der Waals surface area contributed by atoms with E-state index >= 15 is 0 Å². The van der Waals surface area contributed by atoms with Crippen molar-refractivity contribution in [3.05, 3.63) is 0 Å². The first-order chi connectivity index (χ1) is 7.22. The highest BCUT2D eigenvalue weighted by atomic mass is 16.3. The van der Waals surface area contributed by atoms with Crippen LogP contribution in [0.1, 0.15) is 32.1 Å². The van der Waals surface area contributed by atoms with Crippen LogP contribution >= 0.6 is 0 Å². The smallest absolute Gasteiger partial charge is 0.224 e. The first kappa shape index (κ1) is 10.5. The number of aliphatic hydroxyl groups is 1. The summed E-state index contributed by atoms with van der Waals surface area (Å²) in [6.45, 7) is 0.636. The second-order valence-corrected chi connectivity index (χ2v) is 4.53. The van der Waals surface area contributed by atoms with Crippen molar-refractivity contribution in [3.8, 4) is 12.3 Å². The van der Waals surface area contributed by atoms with Gasteiger partial charge in [-0.05, 0) is 12.8 Å². The Morgan fingerprint density at radius 2 is 2.13 bits per heavy atom. The fourth-order valence-corrected chi connectivity index (χ4v) is 2.62. The van der Waals surface area contributed by atoms with Crippen LogP contribution in [0.2, 0.25) is 0 Å². The highest BCUT2D eigenvalue weighted by Crippen LogP contribution is 2.28. The molecule has 0 aromatic rings. The van der Waals surface area contributed by atoms with E-state index < -0.39 is 0 Å². The number of amides is 1. The fraction of sp³-hybridized carbons (Fsp3) is 0.750. The van der Waals surface area contributed by atoms with E-state index in [-0.39, 0.29) is 24.0 Å². The lowest BCUT2D eigenvalue weighted by molar-refractivity contribution is -0.133. The third-order valence-electron chi connectivity index (χ3n) is 3.49. The van der Waals surface area contributed by atoms with Crippen LogP contribution in [0.25, 0.3) is 0 Å². The second-order valence-electron chi connectivity index (χ2n) is 4.53. The van der Waals surface area contributed by atoms with Crippen LogP contribution in [0, 0.1) is 18.3 Å². The van der Waals surface area contributed by atoms with Crippen molar-refractivity contribution in [2.24, 2.45) is 5.92 Å². The standard InChI is InChI=1S/C12H17NO2/c1-2-9-7-12(15)13(8-9)10-5-3-4-6-11(10)14/h1,9-11,14H,3-8H2/t9?,10-,11-/m0/s1. The number of carbonyl (C=O) groups excluding carboxylic acids is 1. The van der Waals surface area contributed by atoms with Crippen molar-refractivity contribution in [1.29, 1.82) is 0 Å². The zero-order chi connectivity index (χ0) is 10.8. The lowest BCUT2D eigenvalue weighted by Crippen LogP contribution is -2.46. The molecule has 0 aromatic carbocycles. The number of hydrogen-bond acceptors (Lipinski definition) is 2. The Hall–Kier alpha value is -1.01. The average molecular weight is 207 g/mol. The molecule has 1 aliphatic heterocycles. The highest BCUT2D eigenvalue weighted by molar-refractivity contribution is 5.79. The van der Waals surface area contributed by atoms with Gasteiger partial charge in [0.1, 0.15) is 0 Å². The van der Waals surface area contributed by atoms with Crippen molar-refractivity contribution in [2.45, 2.75) is 44.2 Å². The highest BCUT2D eigenvalue weighted by Gasteiger charge is 2.37. The molecule has 0 aromatic heterocycles. The Labute approximate surface area is 90.5 Å². The van der Waals surface area contributed by atoms with Crippen molar-refractivity contribution >= 4 is 5.91 Å². The SMILES string of the molecule is C#CC1CC(=O)N([C@H]2CCCC[C@@H]2O)C1. The van der Waals surface area contributed by atoms with E-state index in [1.54, 1.807) is 4.90 Å².